The van der Waals surface area contributed by atoms with E-state index in [1.54, 1.807) is 24.3 Å². The van der Waals surface area contributed by atoms with Crippen LogP contribution in [0, 0.1) is 16.7 Å². The molecule has 2 aliphatic carbocycles. The number of para-hydroxylation sites is 1. The van der Waals surface area contributed by atoms with Crippen LogP contribution in [0.4, 0.5) is 5.69 Å². The Morgan fingerprint density at radius 3 is 2.61 bits per heavy atom. The maximum absolute atomic E-state index is 13.0. The highest BCUT2D eigenvalue weighted by Crippen LogP contribution is 2.65. The van der Waals surface area contributed by atoms with E-state index in [9.17, 15) is 9.59 Å². The predicted octanol–water partition coefficient (Wildman–Crippen LogP) is 3.79. The summed E-state index contributed by atoms with van der Waals surface area (Å²) in [4.78, 5) is 24.9. The summed E-state index contributed by atoms with van der Waals surface area (Å²) in [7, 11) is 1.34. The van der Waals surface area contributed by atoms with E-state index in [-0.39, 0.29) is 11.3 Å². The number of fused-ring (bicyclic) bond motifs is 2. The van der Waals surface area contributed by atoms with E-state index in [1.807, 2.05) is 0 Å². The Labute approximate surface area is 136 Å². The van der Waals surface area contributed by atoms with Crippen LogP contribution in [0.1, 0.15) is 43.5 Å². The number of nitrogens with one attached hydrogen (secondary N) is 1. The third-order valence-electron chi connectivity index (χ3n) is 5.91. The van der Waals surface area contributed by atoms with Gasteiger partial charge in [0.15, 0.2) is 0 Å². The van der Waals surface area contributed by atoms with Gasteiger partial charge in [-0.2, -0.15) is 0 Å². The summed E-state index contributed by atoms with van der Waals surface area (Å²) in [5.41, 5.74) is 1.39. The van der Waals surface area contributed by atoms with Crippen LogP contribution in [-0.4, -0.2) is 19.0 Å². The number of hydrogen-bond acceptors (Lipinski definition) is 3. The molecular weight excluding hydrogens is 290 g/mol. The lowest BCUT2D eigenvalue weighted by atomic mass is 9.68. The van der Waals surface area contributed by atoms with E-state index in [1.165, 1.54) is 7.11 Å². The SMILES string of the molecule is C=C1C(C)(C)[C@H]2CC[C@@]1(C(=O)Nc1ccccc1C(=O)OC)C2. The van der Waals surface area contributed by atoms with Crippen molar-refractivity contribution in [2.24, 2.45) is 16.7 Å². The maximum atomic E-state index is 13.0. The maximum Gasteiger partial charge on any atom is 0.339 e. The van der Waals surface area contributed by atoms with Crippen LogP contribution < -0.4 is 5.32 Å². The fourth-order valence-corrected chi connectivity index (χ4v) is 4.26. The number of benzene rings is 1. The van der Waals surface area contributed by atoms with Crippen molar-refractivity contribution >= 4 is 17.6 Å². The minimum atomic E-state index is -0.503. The summed E-state index contributed by atoms with van der Waals surface area (Å²) < 4.78 is 4.79. The second-order valence-electron chi connectivity index (χ2n) is 7.21. The Hall–Kier alpha value is -2.10. The van der Waals surface area contributed by atoms with Gasteiger partial charge in [-0.3, -0.25) is 4.79 Å². The highest BCUT2D eigenvalue weighted by Gasteiger charge is 2.60. The molecule has 0 aromatic heterocycles. The molecule has 2 aliphatic rings. The number of carbonyl (C=O) groups is 2. The van der Waals surface area contributed by atoms with Crippen LogP contribution in [0.3, 0.4) is 0 Å². The largest absolute Gasteiger partial charge is 0.465 e. The lowest BCUT2D eigenvalue weighted by molar-refractivity contribution is -0.123. The van der Waals surface area contributed by atoms with Crippen molar-refractivity contribution in [1.29, 1.82) is 0 Å². The molecule has 0 radical (unpaired) electrons. The number of anilines is 1. The van der Waals surface area contributed by atoms with Crippen molar-refractivity contribution in [2.75, 3.05) is 12.4 Å². The van der Waals surface area contributed by atoms with Crippen molar-refractivity contribution in [2.45, 2.75) is 33.1 Å². The van der Waals surface area contributed by atoms with Crippen LogP contribution in [0.25, 0.3) is 0 Å². The van der Waals surface area contributed by atoms with E-state index in [2.05, 4.69) is 25.7 Å². The summed E-state index contributed by atoms with van der Waals surface area (Å²) >= 11 is 0. The van der Waals surface area contributed by atoms with Crippen LogP contribution >= 0.6 is 0 Å². The number of amides is 1. The molecule has 1 aromatic carbocycles. The van der Waals surface area contributed by atoms with Crippen molar-refractivity contribution in [3.63, 3.8) is 0 Å². The predicted molar refractivity (Wildman–Crippen MR) is 89.1 cm³/mol. The summed E-state index contributed by atoms with van der Waals surface area (Å²) in [5, 5.41) is 2.95. The number of rotatable bonds is 3. The van der Waals surface area contributed by atoms with Crippen LogP contribution in [-0.2, 0) is 9.53 Å². The van der Waals surface area contributed by atoms with Crippen LogP contribution in [0.15, 0.2) is 36.4 Å². The van der Waals surface area contributed by atoms with Gasteiger partial charge in [0.05, 0.1) is 23.8 Å². The molecule has 2 saturated carbocycles. The Morgan fingerprint density at radius 1 is 1.30 bits per heavy atom. The van der Waals surface area contributed by atoms with Gasteiger partial charge in [-0.15, -0.1) is 0 Å². The van der Waals surface area contributed by atoms with Gasteiger partial charge < -0.3 is 10.1 Å². The summed E-state index contributed by atoms with van der Waals surface area (Å²) in [6, 6.07) is 6.94. The Balaban J connectivity index is 1.89. The van der Waals surface area contributed by atoms with E-state index in [0.717, 1.165) is 24.8 Å². The number of methoxy groups -OCH3 is 1. The molecule has 2 fully saturated rings. The van der Waals surface area contributed by atoms with E-state index < -0.39 is 11.4 Å². The molecule has 2 atom stereocenters. The molecule has 1 aromatic rings. The van der Waals surface area contributed by atoms with Gasteiger partial charge in [0, 0.05) is 0 Å². The van der Waals surface area contributed by atoms with E-state index in [4.69, 9.17) is 4.74 Å². The first kappa shape index (κ1) is 15.8. The van der Waals surface area contributed by atoms with E-state index in [0.29, 0.717) is 17.2 Å². The minimum absolute atomic E-state index is 0.00252. The van der Waals surface area contributed by atoms with E-state index >= 15 is 0 Å². The van der Waals surface area contributed by atoms with Crippen molar-refractivity contribution in [3.8, 4) is 0 Å². The summed E-state index contributed by atoms with van der Waals surface area (Å²) in [5.74, 6) is 0.0109. The molecule has 0 aliphatic heterocycles. The monoisotopic (exact) mass is 313 g/mol. The first-order chi connectivity index (χ1) is 10.8. The average molecular weight is 313 g/mol. The quantitative estimate of drug-likeness (QED) is 0.682. The Bertz CT molecular complexity index is 692. The zero-order valence-electron chi connectivity index (χ0n) is 13.9. The Kier molecular flexibility index (Phi) is 3.58. The van der Waals surface area contributed by atoms with Gasteiger partial charge in [-0.25, -0.2) is 4.79 Å². The molecule has 0 unspecified atom stereocenters. The summed E-state index contributed by atoms with van der Waals surface area (Å²) in [6.45, 7) is 8.60. The van der Waals surface area contributed by atoms with Crippen LogP contribution in [0.2, 0.25) is 0 Å². The molecule has 3 rings (SSSR count). The van der Waals surface area contributed by atoms with Crippen molar-refractivity contribution in [1.82, 2.24) is 0 Å². The zero-order valence-corrected chi connectivity index (χ0v) is 13.9. The average Bonchev–Trinajstić information content (AvgIpc) is 3.07. The molecule has 122 valence electrons. The topological polar surface area (TPSA) is 55.4 Å². The molecule has 4 nitrogen and oxygen atoms in total. The van der Waals surface area contributed by atoms with Crippen molar-refractivity contribution < 1.29 is 14.3 Å². The highest BCUT2D eigenvalue weighted by molar-refractivity contribution is 6.04. The number of hydrogen-bond donors (Lipinski definition) is 1. The van der Waals surface area contributed by atoms with Crippen molar-refractivity contribution in [3.05, 3.63) is 42.0 Å². The molecule has 0 heterocycles. The summed E-state index contributed by atoms with van der Waals surface area (Å²) in [6.07, 6.45) is 2.75. The van der Waals surface area contributed by atoms with Gasteiger partial charge in [0.25, 0.3) is 0 Å². The third kappa shape index (κ3) is 2.19. The van der Waals surface area contributed by atoms with Gasteiger partial charge in [0.2, 0.25) is 5.91 Å². The number of esters is 1. The van der Waals surface area contributed by atoms with Gasteiger partial charge >= 0.3 is 5.97 Å². The molecule has 0 saturated heterocycles. The molecular formula is C19H23NO3. The lowest BCUT2D eigenvalue weighted by Gasteiger charge is -2.37. The normalized spacial score (nSPS) is 27.8. The first-order valence-corrected chi connectivity index (χ1v) is 8.01. The Morgan fingerprint density at radius 2 is 2.00 bits per heavy atom. The lowest BCUT2D eigenvalue weighted by Crippen LogP contribution is -2.37. The highest BCUT2D eigenvalue weighted by atomic mass is 16.5. The molecule has 23 heavy (non-hydrogen) atoms. The van der Waals surface area contributed by atoms with Crippen LogP contribution in [0.5, 0.6) is 0 Å². The number of carbonyl (C=O) groups excluding carboxylic acids is 2. The smallest absolute Gasteiger partial charge is 0.339 e. The first-order valence-electron chi connectivity index (χ1n) is 8.01. The minimum Gasteiger partial charge on any atom is -0.465 e. The van der Waals surface area contributed by atoms with Gasteiger partial charge in [0.1, 0.15) is 0 Å². The standard InChI is InChI=1S/C19H23NO3/c1-12-18(2,3)13-9-10-19(12,11-13)17(22)20-15-8-6-5-7-14(15)16(21)23-4/h5-8,13H,1,9-11H2,2-4H3,(H,20,22)/t13-,19+/m0/s1. The second kappa shape index (κ2) is 5.22. The third-order valence-corrected chi connectivity index (χ3v) is 5.91. The molecule has 0 spiro atoms. The molecule has 1 amide bonds. The molecule has 1 N–H and O–H groups in total. The number of ether oxygens (including phenoxy) is 1. The second-order valence-corrected chi connectivity index (χ2v) is 7.21. The zero-order chi connectivity index (χ0) is 16.8. The molecule has 4 heteroatoms. The molecule has 2 bridgehead atoms. The van der Waals surface area contributed by atoms with Gasteiger partial charge in [-0.05, 0) is 42.7 Å². The fourth-order valence-electron chi connectivity index (χ4n) is 4.26. The fraction of sp³-hybridized carbons (Fsp3) is 0.474. The van der Waals surface area contributed by atoms with Gasteiger partial charge in [-0.1, -0.05) is 38.1 Å².